The molecule has 0 aromatic heterocycles. The summed E-state index contributed by atoms with van der Waals surface area (Å²) < 4.78 is 36.2. The maximum absolute atomic E-state index is 15.0. The van der Waals surface area contributed by atoms with Gasteiger partial charge in [0.15, 0.2) is 0 Å². The molecule has 2 amide bonds. The summed E-state index contributed by atoms with van der Waals surface area (Å²) in [5, 5.41) is 11.6. The molecule has 3 unspecified atom stereocenters. The number of carbonyl (C=O) groups is 1. The van der Waals surface area contributed by atoms with Gasteiger partial charge < -0.3 is 14.7 Å². The van der Waals surface area contributed by atoms with Crippen molar-refractivity contribution in [1.29, 1.82) is 0 Å². The first-order chi connectivity index (χ1) is 22.4. The van der Waals surface area contributed by atoms with Gasteiger partial charge in [-0.1, -0.05) is 59.1 Å². The lowest BCUT2D eigenvalue weighted by molar-refractivity contribution is 0.0596. The topological polar surface area (TPSA) is 112 Å². The van der Waals surface area contributed by atoms with Gasteiger partial charge in [-0.2, -0.15) is 0 Å². The Morgan fingerprint density at radius 3 is 2.15 bits per heavy atom. The molecule has 0 bridgehead atoms. The number of aliphatic hydroxyl groups excluding tert-OH is 1. The fourth-order valence-electron chi connectivity index (χ4n) is 6.49. The number of amides is 2. The number of hydrogen-bond donors (Lipinski definition) is 2. The highest BCUT2D eigenvalue weighted by Crippen LogP contribution is 2.54. The summed E-state index contributed by atoms with van der Waals surface area (Å²) in [5.74, 6) is 0.438. The molecular weight excluding hydrogens is 695 g/mol. The van der Waals surface area contributed by atoms with Crippen LogP contribution in [-0.4, -0.2) is 66.5 Å². The van der Waals surface area contributed by atoms with Gasteiger partial charge in [-0.15, -0.1) is 0 Å². The monoisotopic (exact) mass is 734 g/mol. The zero-order chi connectivity index (χ0) is 35.2. The van der Waals surface area contributed by atoms with Crippen molar-refractivity contribution < 1.29 is 23.1 Å². The number of nitrogens with one attached hydrogen (secondary N) is 1. The molecule has 2 heterocycles. The Morgan fingerprint density at radius 2 is 1.60 bits per heavy atom. The van der Waals surface area contributed by atoms with Crippen LogP contribution in [0.2, 0.25) is 15.1 Å². The van der Waals surface area contributed by atoms with E-state index in [1.54, 1.807) is 61.8 Å². The molecule has 2 aliphatic heterocycles. The fraction of sp³-hybridized carbons (Fsp3) is 0.429. The maximum atomic E-state index is 15.0. The molecule has 13 heteroatoms. The molecule has 3 atom stereocenters. The molecule has 258 valence electrons. The standard InChI is InChI=1S/C35H41Cl3N4O5S/c1-7-47-29-20-28(38)30(48(45,46)40-33(2,3)4)19-27(29)31-39-34(5,22-10-14-24(36)15-11-22)35(6,23-12-16-25(37)17-13-23)42(31)32(44)41-18-8-9-26(43)21-41/h10-17,19-20,26,40,43H,7-9,18,21H2,1-6H3. The number of likely N-dealkylation sites (tertiary alicyclic amines) is 1. The molecule has 2 N–H and O–H groups in total. The van der Waals surface area contributed by atoms with Crippen LogP contribution in [0.4, 0.5) is 4.79 Å². The van der Waals surface area contributed by atoms with Gasteiger partial charge in [0.2, 0.25) is 10.0 Å². The first-order valence-electron chi connectivity index (χ1n) is 15.8. The Morgan fingerprint density at radius 1 is 1.02 bits per heavy atom. The molecule has 0 spiro atoms. The lowest BCUT2D eigenvalue weighted by atomic mass is 9.71. The predicted octanol–water partition coefficient (Wildman–Crippen LogP) is 7.59. The molecule has 0 radical (unpaired) electrons. The predicted molar refractivity (Wildman–Crippen MR) is 191 cm³/mol. The van der Waals surface area contributed by atoms with Crippen LogP contribution in [0.25, 0.3) is 0 Å². The van der Waals surface area contributed by atoms with Crippen LogP contribution in [0.5, 0.6) is 5.75 Å². The molecule has 48 heavy (non-hydrogen) atoms. The minimum Gasteiger partial charge on any atom is -0.493 e. The number of amidine groups is 1. The van der Waals surface area contributed by atoms with E-state index in [1.165, 1.54) is 12.1 Å². The summed E-state index contributed by atoms with van der Waals surface area (Å²) in [7, 11) is -4.14. The lowest BCUT2D eigenvalue weighted by Gasteiger charge is -2.47. The minimum atomic E-state index is -4.14. The second-order valence-electron chi connectivity index (χ2n) is 13.5. The van der Waals surface area contributed by atoms with Gasteiger partial charge in [-0.3, -0.25) is 9.89 Å². The largest absolute Gasteiger partial charge is 0.493 e. The maximum Gasteiger partial charge on any atom is 0.326 e. The van der Waals surface area contributed by atoms with Crippen LogP contribution in [0.1, 0.15) is 71.1 Å². The number of rotatable bonds is 7. The van der Waals surface area contributed by atoms with Crippen molar-refractivity contribution in [2.75, 3.05) is 19.7 Å². The Kier molecular flexibility index (Phi) is 10.2. The number of piperidine rings is 1. The van der Waals surface area contributed by atoms with E-state index in [-0.39, 0.29) is 40.2 Å². The second-order valence-corrected chi connectivity index (χ2v) is 16.5. The molecule has 1 fully saturated rings. The van der Waals surface area contributed by atoms with E-state index >= 15 is 0 Å². The molecule has 0 saturated carbocycles. The van der Waals surface area contributed by atoms with Crippen LogP contribution >= 0.6 is 34.8 Å². The number of aliphatic hydroxyl groups is 1. The molecule has 9 nitrogen and oxygen atoms in total. The third-order valence-electron chi connectivity index (χ3n) is 8.91. The highest BCUT2D eigenvalue weighted by Gasteiger charge is 2.60. The highest BCUT2D eigenvalue weighted by atomic mass is 35.5. The SMILES string of the molecule is CCOc1cc(Cl)c(S(=O)(=O)NC(C)(C)C)cc1C1=NC(C)(c2ccc(Cl)cc2)C(C)(c2ccc(Cl)cc2)N1C(=O)N1CCCC(O)C1. The van der Waals surface area contributed by atoms with E-state index < -0.39 is 38.8 Å². The Bertz CT molecular complexity index is 1830. The molecule has 1 saturated heterocycles. The van der Waals surface area contributed by atoms with Gasteiger partial charge in [0, 0.05) is 34.7 Å². The van der Waals surface area contributed by atoms with Crippen molar-refractivity contribution in [2.24, 2.45) is 4.99 Å². The van der Waals surface area contributed by atoms with Crippen molar-refractivity contribution >= 4 is 56.7 Å². The molecule has 3 aromatic carbocycles. The number of β-amino-alcohol motifs (C(OH)–C–C–N with tert-alkyl or cyclic N) is 1. The molecule has 2 aliphatic rings. The molecular formula is C35H41Cl3N4O5S. The number of sulfonamides is 1. The fourth-order valence-corrected chi connectivity index (χ4v) is 8.70. The second kappa shape index (κ2) is 13.5. The van der Waals surface area contributed by atoms with Crippen LogP contribution in [0.3, 0.4) is 0 Å². The van der Waals surface area contributed by atoms with Gasteiger partial charge in [0.1, 0.15) is 27.6 Å². The first kappa shape index (κ1) is 36.4. The average Bonchev–Trinajstić information content (AvgIpc) is 3.24. The molecule has 5 rings (SSSR count). The van der Waals surface area contributed by atoms with Crippen molar-refractivity contribution in [3.63, 3.8) is 0 Å². The number of halogens is 3. The van der Waals surface area contributed by atoms with E-state index in [1.807, 2.05) is 38.1 Å². The van der Waals surface area contributed by atoms with Gasteiger partial charge in [0.05, 0.1) is 23.3 Å². The summed E-state index contributed by atoms with van der Waals surface area (Å²) in [6, 6.07) is 16.9. The number of nitrogens with zero attached hydrogens (tertiary/aromatic N) is 3. The van der Waals surface area contributed by atoms with Gasteiger partial charge in [-0.05, 0) is 95.8 Å². The van der Waals surface area contributed by atoms with E-state index in [0.717, 1.165) is 11.1 Å². The zero-order valence-electron chi connectivity index (χ0n) is 27.9. The van der Waals surface area contributed by atoms with Crippen LogP contribution in [0, 0.1) is 0 Å². The van der Waals surface area contributed by atoms with Gasteiger partial charge >= 0.3 is 6.03 Å². The summed E-state index contributed by atoms with van der Waals surface area (Å²) in [6.45, 7) is 11.6. The third kappa shape index (κ3) is 6.80. The first-order valence-corrected chi connectivity index (χ1v) is 18.4. The van der Waals surface area contributed by atoms with Crippen molar-refractivity contribution in [3.8, 4) is 5.75 Å². The van der Waals surface area contributed by atoms with E-state index in [9.17, 15) is 18.3 Å². The van der Waals surface area contributed by atoms with Crippen LogP contribution in [0.15, 0.2) is 70.6 Å². The van der Waals surface area contributed by atoms with Crippen LogP contribution < -0.4 is 9.46 Å². The Balaban J connectivity index is 1.86. The van der Waals surface area contributed by atoms with E-state index in [0.29, 0.717) is 29.4 Å². The summed E-state index contributed by atoms with van der Waals surface area (Å²) >= 11 is 19.3. The number of benzene rings is 3. The number of carbonyl (C=O) groups excluding carboxylic acids is 1. The number of aliphatic imine (C=N–C) groups is 1. The summed E-state index contributed by atoms with van der Waals surface area (Å²) in [4.78, 5) is 23.4. The smallest absolute Gasteiger partial charge is 0.326 e. The molecule has 3 aromatic rings. The summed E-state index contributed by atoms with van der Waals surface area (Å²) in [5.41, 5.74) is -1.43. The molecule has 0 aliphatic carbocycles. The number of hydrogen-bond acceptors (Lipinski definition) is 6. The van der Waals surface area contributed by atoms with Crippen LogP contribution in [-0.2, 0) is 21.1 Å². The number of urea groups is 1. The van der Waals surface area contributed by atoms with E-state index in [2.05, 4.69) is 4.72 Å². The normalized spacial score (nSPS) is 23.3. The Labute approximate surface area is 297 Å². The third-order valence-corrected chi connectivity index (χ3v) is 11.6. The highest BCUT2D eigenvalue weighted by molar-refractivity contribution is 7.89. The zero-order valence-corrected chi connectivity index (χ0v) is 30.9. The van der Waals surface area contributed by atoms with Crippen molar-refractivity contribution in [1.82, 2.24) is 14.5 Å². The van der Waals surface area contributed by atoms with Crippen molar-refractivity contribution in [3.05, 3.63) is 92.4 Å². The van der Waals surface area contributed by atoms with Gasteiger partial charge in [-0.25, -0.2) is 17.9 Å². The van der Waals surface area contributed by atoms with Crippen molar-refractivity contribution in [2.45, 2.75) is 82.0 Å². The number of ether oxygens (including phenoxy) is 1. The minimum absolute atomic E-state index is 0.0458. The van der Waals surface area contributed by atoms with Gasteiger partial charge in [0.25, 0.3) is 0 Å². The Hall–Kier alpha value is -2.86. The average molecular weight is 736 g/mol. The summed E-state index contributed by atoms with van der Waals surface area (Å²) in [6.07, 6.45) is 0.505. The lowest BCUT2D eigenvalue weighted by Crippen LogP contribution is -2.59. The quantitative estimate of drug-likeness (QED) is 0.260. The van der Waals surface area contributed by atoms with E-state index in [4.69, 9.17) is 44.5 Å².